The molecule has 0 saturated carbocycles. The molecule has 2 amide bonds. The molecule has 0 fully saturated rings. The minimum Gasteiger partial charge on any atom is -0.395 e. The van der Waals surface area contributed by atoms with Gasteiger partial charge in [0, 0.05) is 25.8 Å². The number of carbonyl (C=O) groups is 2. The smallest absolute Gasteiger partial charge is 0.316 e. The van der Waals surface area contributed by atoms with Gasteiger partial charge in [0.15, 0.2) is 0 Å². The summed E-state index contributed by atoms with van der Waals surface area (Å²) in [5.41, 5.74) is 1.55. The fraction of sp³-hybridized carbons (Fsp3) is 0.222. The summed E-state index contributed by atoms with van der Waals surface area (Å²) in [7, 11) is 1.56. The molecule has 2 rings (SSSR count). The van der Waals surface area contributed by atoms with Gasteiger partial charge in [-0.1, -0.05) is 48.5 Å². The van der Waals surface area contributed by atoms with Crippen LogP contribution in [0.25, 0.3) is 0 Å². The average Bonchev–Trinajstić information content (AvgIpc) is 2.61. The lowest BCUT2D eigenvalue weighted by molar-refractivity contribution is -0.145. The molecule has 0 spiro atoms. The number of aliphatic hydroxyl groups is 1. The summed E-state index contributed by atoms with van der Waals surface area (Å²) in [5.74, 6) is -1.25. The van der Waals surface area contributed by atoms with Crippen LogP contribution in [-0.2, 0) is 16.1 Å². The van der Waals surface area contributed by atoms with Crippen LogP contribution in [0.1, 0.15) is 5.56 Å². The molecular formula is C18H20N2O3. The Hall–Kier alpha value is -2.66. The van der Waals surface area contributed by atoms with Gasteiger partial charge in [0.05, 0.1) is 6.61 Å². The highest BCUT2D eigenvalue weighted by Gasteiger charge is 2.25. The second-order valence-corrected chi connectivity index (χ2v) is 5.14. The Bertz CT molecular complexity index is 644. The maximum absolute atomic E-state index is 12.5. The van der Waals surface area contributed by atoms with Crippen LogP contribution in [0.4, 0.5) is 5.69 Å². The van der Waals surface area contributed by atoms with Crippen LogP contribution in [-0.4, -0.2) is 42.0 Å². The highest BCUT2D eigenvalue weighted by Crippen LogP contribution is 2.13. The van der Waals surface area contributed by atoms with Gasteiger partial charge in [-0.2, -0.15) is 0 Å². The summed E-state index contributed by atoms with van der Waals surface area (Å²) in [5, 5.41) is 9.18. The summed E-state index contributed by atoms with van der Waals surface area (Å²) in [4.78, 5) is 27.6. The molecule has 2 aromatic rings. The molecule has 120 valence electrons. The Kier molecular flexibility index (Phi) is 5.88. The van der Waals surface area contributed by atoms with Crippen molar-refractivity contribution in [1.29, 1.82) is 0 Å². The minimum atomic E-state index is -0.630. The fourth-order valence-electron chi connectivity index (χ4n) is 2.22. The van der Waals surface area contributed by atoms with E-state index in [1.807, 2.05) is 36.4 Å². The summed E-state index contributed by atoms with van der Waals surface area (Å²) < 4.78 is 0. The van der Waals surface area contributed by atoms with Crippen LogP contribution in [0.5, 0.6) is 0 Å². The number of hydrogen-bond donors (Lipinski definition) is 1. The van der Waals surface area contributed by atoms with E-state index in [9.17, 15) is 14.7 Å². The predicted molar refractivity (Wildman–Crippen MR) is 88.8 cm³/mol. The van der Waals surface area contributed by atoms with Crippen LogP contribution in [0.15, 0.2) is 60.7 Å². The van der Waals surface area contributed by atoms with Gasteiger partial charge in [-0.05, 0) is 17.7 Å². The first-order chi connectivity index (χ1) is 11.1. The maximum atomic E-state index is 12.5. The van der Waals surface area contributed by atoms with Gasteiger partial charge in [-0.15, -0.1) is 0 Å². The lowest BCUT2D eigenvalue weighted by Gasteiger charge is -2.24. The zero-order valence-electron chi connectivity index (χ0n) is 13.1. The van der Waals surface area contributed by atoms with E-state index < -0.39 is 11.8 Å². The van der Waals surface area contributed by atoms with Crippen LogP contribution >= 0.6 is 0 Å². The molecule has 0 bridgehead atoms. The third-order valence-electron chi connectivity index (χ3n) is 3.50. The molecule has 5 heteroatoms. The normalized spacial score (nSPS) is 10.2. The van der Waals surface area contributed by atoms with Gasteiger partial charge in [-0.3, -0.25) is 9.59 Å². The highest BCUT2D eigenvalue weighted by atomic mass is 16.3. The molecule has 0 heterocycles. The van der Waals surface area contributed by atoms with Crippen molar-refractivity contribution in [2.24, 2.45) is 0 Å². The first-order valence-electron chi connectivity index (χ1n) is 7.40. The molecule has 0 saturated heterocycles. The number of anilines is 1. The topological polar surface area (TPSA) is 60.9 Å². The van der Waals surface area contributed by atoms with Crippen LogP contribution in [0.2, 0.25) is 0 Å². The summed E-state index contributed by atoms with van der Waals surface area (Å²) in [6.45, 7) is 0.206. The predicted octanol–water partition coefficient (Wildman–Crippen LogP) is 1.67. The molecule has 0 aliphatic heterocycles. The van der Waals surface area contributed by atoms with E-state index in [4.69, 9.17) is 0 Å². The summed E-state index contributed by atoms with van der Waals surface area (Å²) in [6, 6.07) is 18.4. The van der Waals surface area contributed by atoms with Gasteiger partial charge >= 0.3 is 11.8 Å². The monoisotopic (exact) mass is 312 g/mol. The molecule has 2 aromatic carbocycles. The van der Waals surface area contributed by atoms with E-state index in [-0.39, 0.29) is 19.7 Å². The molecule has 0 atom stereocenters. The lowest BCUT2D eigenvalue weighted by atomic mass is 10.2. The largest absolute Gasteiger partial charge is 0.395 e. The van der Waals surface area contributed by atoms with E-state index >= 15 is 0 Å². The van der Waals surface area contributed by atoms with Gasteiger partial charge in [-0.25, -0.2) is 0 Å². The molecule has 5 nitrogen and oxygen atoms in total. The van der Waals surface area contributed by atoms with Gasteiger partial charge in [0.2, 0.25) is 0 Å². The van der Waals surface area contributed by atoms with Crippen molar-refractivity contribution in [3.63, 3.8) is 0 Å². The Labute approximate surface area is 135 Å². The number of para-hydroxylation sites is 1. The number of nitrogens with zero attached hydrogens (tertiary/aromatic N) is 2. The van der Waals surface area contributed by atoms with Crippen molar-refractivity contribution in [3.8, 4) is 0 Å². The molecule has 23 heavy (non-hydrogen) atoms. The summed E-state index contributed by atoms with van der Waals surface area (Å²) >= 11 is 0. The van der Waals surface area contributed by atoms with Crippen molar-refractivity contribution in [2.75, 3.05) is 25.1 Å². The van der Waals surface area contributed by atoms with Gasteiger partial charge in [0.25, 0.3) is 0 Å². The Morgan fingerprint density at radius 2 is 1.48 bits per heavy atom. The number of rotatable bonds is 5. The van der Waals surface area contributed by atoms with Crippen molar-refractivity contribution in [2.45, 2.75) is 6.54 Å². The van der Waals surface area contributed by atoms with Gasteiger partial charge in [0.1, 0.15) is 0 Å². The standard InChI is InChI=1S/C18H20N2O3/c1-19(16-10-6-3-7-11-16)17(22)18(23)20(12-13-21)14-15-8-4-2-5-9-15/h2-11,21H,12-14H2,1H3. The zero-order valence-corrected chi connectivity index (χ0v) is 13.1. The molecule has 0 radical (unpaired) electrons. The number of aliphatic hydroxyl groups excluding tert-OH is 1. The molecule has 0 aliphatic carbocycles. The molecular weight excluding hydrogens is 292 g/mol. The van der Waals surface area contributed by atoms with E-state index in [0.717, 1.165) is 5.56 Å². The Morgan fingerprint density at radius 3 is 2.04 bits per heavy atom. The number of hydrogen-bond acceptors (Lipinski definition) is 3. The first-order valence-corrected chi connectivity index (χ1v) is 7.40. The lowest BCUT2D eigenvalue weighted by Crippen LogP contribution is -2.44. The van der Waals surface area contributed by atoms with E-state index in [1.54, 1.807) is 31.3 Å². The van der Waals surface area contributed by atoms with E-state index in [1.165, 1.54) is 9.80 Å². The van der Waals surface area contributed by atoms with Crippen molar-refractivity contribution >= 4 is 17.5 Å². The fourth-order valence-corrected chi connectivity index (χ4v) is 2.22. The summed E-state index contributed by atoms with van der Waals surface area (Å²) in [6.07, 6.45) is 0. The molecule has 0 unspecified atom stereocenters. The van der Waals surface area contributed by atoms with E-state index in [2.05, 4.69) is 0 Å². The first kappa shape index (κ1) is 16.7. The third-order valence-corrected chi connectivity index (χ3v) is 3.50. The Balaban J connectivity index is 2.12. The number of carbonyl (C=O) groups excluding carboxylic acids is 2. The van der Waals surface area contributed by atoms with Crippen LogP contribution in [0.3, 0.4) is 0 Å². The highest BCUT2D eigenvalue weighted by molar-refractivity contribution is 6.40. The van der Waals surface area contributed by atoms with E-state index in [0.29, 0.717) is 5.69 Å². The minimum absolute atomic E-state index is 0.113. The van der Waals surface area contributed by atoms with Crippen molar-refractivity contribution in [3.05, 3.63) is 66.2 Å². The van der Waals surface area contributed by atoms with Crippen LogP contribution < -0.4 is 4.90 Å². The maximum Gasteiger partial charge on any atom is 0.316 e. The number of benzene rings is 2. The second kappa shape index (κ2) is 8.10. The van der Waals surface area contributed by atoms with Crippen molar-refractivity contribution < 1.29 is 14.7 Å². The molecule has 0 aromatic heterocycles. The zero-order chi connectivity index (χ0) is 16.7. The number of likely N-dealkylation sites (N-methyl/N-ethyl adjacent to an activating group) is 1. The molecule has 0 aliphatic rings. The number of amides is 2. The van der Waals surface area contributed by atoms with Crippen LogP contribution in [0, 0.1) is 0 Å². The second-order valence-electron chi connectivity index (χ2n) is 5.14. The third kappa shape index (κ3) is 4.40. The molecule has 1 N–H and O–H groups in total. The SMILES string of the molecule is CN(C(=O)C(=O)N(CCO)Cc1ccccc1)c1ccccc1. The quantitative estimate of drug-likeness (QED) is 0.854. The van der Waals surface area contributed by atoms with Crippen molar-refractivity contribution in [1.82, 2.24) is 4.90 Å². The Morgan fingerprint density at radius 1 is 0.913 bits per heavy atom. The van der Waals surface area contributed by atoms with Gasteiger partial charge < -0.3 is 14.9 Å². The average molecular weight is 312 g/mol.